The number of hydrogen-bond acceptors (Lipinski definition) is 7. The van der Waals surface area contributed by atoms with Crippen LogP contribution in [-0.2, 0) is 9.59 Å². The van der Waals surface area contributed by atoms with Crippen LogP contribution in [0.5, 0.6) is 0 Å². The summed E-state index contributed by atoms with van der Waals surface area (Å²) >= 11 is 1.09. The van der Waals surface area contributed by atoms with E-state index in [1.54, 1.807) is 55.5 Å². The first kappa shape index (κ1) is 24.8. The number of hydrogen-bond donors (Lipinski definition) is 3. The van der Waals surface area contributed by atoms with Crippen LogP contribution in [0.1, 0.15) is 44.0 Å². The average Bonchev–Trinajstić information content (AvgIpc) is 2.83. The van der Waals surface area contributed by atoms with Crippen molar-refractivity contribution in [2.75, 3.05) is 10.6 Å². The number of amides is 2. The van der Waals surface area contributed by atoms with Crippen LogP contribution >= 0.6 is 11.8 Å². The zero-order valence-corrected chi connectivity index (χ0v) is 19.9. The number of carbonyl (C=O) groups is 3. The third-order valence-corrected chi connectivity index (χ3v) is 6.15. The highest BCUT2D eigenvalue weighted by Gasteiger charge is 2.21. The summed E-state index contributed by atoms with van der Waals surface area (Å²) in [7, 11) is 0. The van der Waals surface area contributed by atoms with Crippen molar-refractivity contribution >= 4 is 40.7 Å². The molecule has 0 radical (unpaired) electrons. The third-order valence-electron chi connectivity index (χ3n) is 4.91. The quantitative estimate of drug-likeness (QED) is 0.313. The number of rotatable bonds is 9. The molecule has 0 aliphatic heterocycles. The zero-order chi connectivity index (χ0) is 24.7. The second-order valence-corrected chi connectivity index (χ2v) is 8.59. The molecule has 1 atom stereocenters. The number of nitrogens with one attached hydrogen (secondary N) is 3. The summed E-state index contributed by atoms with van der Waals surface area (Å²) in [6.07, 6.45) is 0.770. The maximum absolute atomic E-state index is 12.8. The van der Waals surface area contributed by atoms with Gasteiger partial charge in [-0.25, -0.2) is 0 Å². The van der Waals surface area contributed by atoms with Crippen molar-refractivity contribution in [1.82, 2.24) is 15.2 Å². The highest BCUT2D eigenvalue weighted by molar-refractivity contribution is 8.00. The Hall–Kier alpha value is -3.79. The fourth-order valence-corrected chi connectivity index (χ4v) is 3.93. The van der Waals surface area contributed by atoms with Gasteiger partial charge in [0.15, 0.2) is 16.6 Å². The summed E-state index contributed by atoms with van der Waals surface area (Å²) in [4.78, 5) is 51.6. The van der Waals surface area contributed by atoms with Crippen molar-refractivity contribution in [3.63, 3.8) is 0 Å². The van der Waals surface area contributed by atoms with E-state index in [4.69, 9.17) is 0 Å². The Labute approximate surface area is 200 Å². The second kappa shape index (κ2) is 11.4. The van der Waals surface area contributed by atoms with Crippen molar-refractivity contribution in [2.24, 2.45) is 0 Å². The molecule has 2 aromatic carbocycles. The Morgan fingerprint density at radius 1 is 1.03 bits per heavy atom. The summed E-state index contributed by atoms with van der Waals surface area (Å²) in [5, 5.41) is 13.4. The molecule has 0 bridgehead atoms. The number of ketones is 1. The summed E-state index contributed by atoms with van der Waals surface area (Å²) in [5.41, 5.74) is 1.50. The topological polar surface area (TPSA) is 134 Å². The van der Waals surface area contributed by atoms with E-state index in [1.165, 1.54) is 6.92 Å². The predicted octanol–water partition coefficient (Wildman–Crippen LogP) is 3.89. The summed E-state index contributed by atoms with van der Waals surface area (Å²) in [6.45, 7) is 5.03. The minimum atomic E-state index is -0.548. The fraction of sp³-hybridized carbons (Fsp3) is 0.250. The number of para-hydroxylation sites is 1. The molecule has 10 heteroatoms. The van der Waals surface area contributed by atoms with Gasteiger partial charge in [0.1, 0.15) is 0 Å². The highest BCUT2D eigenvalue weighted by atomic mass is 32.2. The van der Waals surface area contributed by atoms with Gasteiger partial charge in [0.2, 0.25) is 11.8 Å². The Morgan fingerprint density at radius 3 is 2.47 bits per heavy atom. The molecule has 3 N–H and O–H groups in total. The number of aromatic amines is 1. The number of benzene rings is 2. The molecule has 34 heavy (non-hydrogen) atoms. The molecule has 0 aliphatic rings. The molecule has 3 aromatic rings. The van der Waals surface area contributed by atoms with Gasteiger partial charge in [0, 0.05) is 23.2 Å². The summed E-state index contributed by atoms with van der Waals surface area (Å²) in [6, 6.07) is 13.5. The van der Waals surface area contributed by atoms with Gasteiger partial charge >= 0.3 is 0 Å². The van der Waals surface area contributed by atoms with E-state index in [1.807, 2.05) is 6.92 Å². The van der Waals surface area contributed by atoms with Crippen LogP contribution in [0.25, 0.3) is 11.3 Å². The van der Waals surface area contributed by atoms with E-state index in [2.05, 4.69) is 25.8 Å². The zero-order valence-electron chi connectivity index (χ0n) is 19.0. The smallest absolute Gasteiger partial charge is 0.278 e. The lowest BCUT2D eigenvalue weighted by Crippen LogP contribution is -2.25. The molecule has 9 nitrogen and oxygen atoms in total. The fourth-order valence-electron chi connectivity index (χ4n) is 3.08. The molecule has 0 spiro atoms. The molecule has 0 aliphatic carbocycles. The molecular formula is C24H25N5O4S. The molecule has 0 fully saturated rings. The van der Waals surface area contributed by atoms with Crippen LogP contribution in [0.2, 0.25) is 0 Å². The van der Waals surface area contributed by atoms with Crippen molar-refractivity contribution in [3.8, 4) is 11.3 Å². The Bertz CT molecular complexity index is 1270. The van der Waals surface area contributed by atoms with Gasteiger partial charge in [0.25, 0.3) is 5.56 Å². The molecule has 0 saturated heterocycles. The lowest BCUT2D eigenvalue weighted by molar-refractivity contribution is -0.116. The molecule has 1 unspecified atom stereocenters. The minimum absolute atomic E-state index is 0.0647. The van der Waals surface area contributed by atoms with Crippen molar-refractivity contribution < 1.29 is 14.4 Å². The number of carbonyl (C=O) groups excluding carboxylic acids is 3. The van der Waals surface area contributed by atoms with Crippen LogP contribution in [0.3, 0.4) is 0 Å². The predicted molar refractivity (Wildman–Crippen MR) is 132 cm³/mol. The number of nitrogens with zero attached hydrogens (tertiary/aromatic N) is 2. The largest absolute Gasteiger partial charge is 0.325 e. The lowest BCUT2D eigenvalue weighted by atomic mass is 10.1. The molecule has 176 valence electrons. The Balaban J connectivity index is 1.78. The first-order valence-corrected chi connectivity index (χ1v) is 11.6. The molecule has 3 rings (SSSR count). The van der Waals surface area contributed by atoms with E-state index in [0.717, 1.165) is 11.8 Å². The number of aromatic nitrogens is 3. The van der Waals surface area contributed by atoms with Gasteiger partial charge in [-0.3, -0.25) is 24.2 Å². The standard InChI is InChI=1S/C24H25N5O4S/c1-4-19(22(32)25-16-10-8-9-15(13-16)14(3)30)34-24-27-23(33)21(28-29-24)17-11-6-7-12-18(17)26-20(31)5-2/h6-13,19H,4-5H2,1-3H3,(H,25,32)(H,26,31)(H,27,29,33). The van der Waals surface area contributed by atoms with Gasteiger partial charge in [-0.15, -0.1) is 10.2 Å². The average molecular weight is 480 g/mol. The van der Waals surface area contributed by atoms with E-state index in [-0.39, 0.29) is 28.4 Å². The lowest BCUT2D eigenvalue weighted by Gasteiger charge is -2.14. The normalized spacial score (nSPS) is 11.5. The van der Waals surface area contributed by atoms with Gasteiger partial charge in [0.05, 0.1) is 10.9 Å². The van der Waals surface area contributed by atoms with E-state index in [0.29, 0.717) is 35.3 Å². The van der Waals surface area contributed by atoms with Crippen LogP contribution in [0, 0.1) is 0 Å². The van der Waals surface area contributed by atoms with Gasteiger partial charge < -0.3 is 10.6 Å². The minimum Gasteiger partial charge on any atom is -0.325 e. The van der Waals surface area contributed by atoms with Gasteiger partial charge in [-0.05, 0) is 31.5 Å². The van der Waals surface area contributed by atoms with E-state index < -0.39 is 10.8 Å². The molecular weight excluding hydrogens is 454 g/mol. The number of thioether (sulfide) groups is 1. The van der Waals surface area contributed by atoms with Gasteiger partial charge in [-0.2, -0.15) is 0 Å². The van der Waals surface area contributed by atoms with Crippen LogP contribution in [-0.4, -0.2) is 38.0 Å². The van der Waals surface area contributed by atoms with Crippen molar-refractivity contribution in [3.05, 3.63) is 64.4 Å². The van der Waals surface area contributed by atoms with Crippen LogP contribution in [0.4, 0.5) is 11.4 Å². The Morgan fingerprint density at radius 2 is 1.79 bits per heavy atom. The van der Waals surface area contributed by atoms with Gasteiger partial charge in [-0.1, -0.05) is 55.9 Å². The number of H-pyrrole nitrogens is 1. The molecule has 2 amide bonds. The Kier molecular flexibility index (Phi) is 8.31. The third kappa shape index (κ3) is 6.16. The summed E-state index contributed by atoms with van der Waals surface area (Å²) < 4.78 is 0. The highest BCUT2D eigenvalue weighted by Crippen LogP contribution is 2.26. The maximum atomic E-state index is 12.8. The molecule has 1 heterocycles. The van der Waals surface area contributed by atoms with Crippen molar-refractivity contribution in [2.45, 2.75) is 44.0 Å². The molecule has 1 aromatic heterocycles. The van der Waals surface area contributed by atoms with Crippen LogP contribution < -0.4 is 16.2 Å². The summed E-state index contributed by atoms with van der Waals surface area (Å²) in [5.74, 6) is -0.566. The monoisotopic (exact) mass is 479 g/mol. The van der Waals surface area contributed by atoms with E-state index >= 15 is 0 Å². The second-order valence-electron chi connectivity index (χ2n) is 7.40. The number of anilines is 2. The first-order valence-electron chi connectivity index (χ1n) is 10.8. The first-order chi connectivity index (χ1) is 16.3. The maximum Gasteiger partial charge on any atom is 0.278 e. The van der Waals surface area contributed by atoms with E-state index in [9.17, 15) is 19.2 Å². The number of Topliss-reactive ketones (excluding diaryl/α,β-unsaturated/α-hetero) is 1. The van der Waals surface area contributed by atoms with Crippen molar-refractivity contribution in [1.29, 1.82) is 0 Å². The SMILES string of the molecule is CCC(=O)Nc1ccccc1-c1nnc(SC(CC)C(=O)Nc2cccc(C(C)=O)c2)[nH]c1=O. The molecule has 0 saturated carbocycles. The van der Waals surface area contributed by atoms with Crippen LogP contribution in [0.15, 0.2) is 58.5 Å².